The number of aliphatic imine (C=N–C) groups is 1. The Morgan fingerprint density at radius 3 is 2.17 bits per heavy atom. The second kappa shape index (κ2) is 33.7. The number of rotatable bonds is 18. The van der Waals surface area contributed by atoms with Gasteiger partial charge in [-0.15, -0.1) is 10.2 Å². The van der Waals surface area contributed by atoms with Crippen LogP contribution in [0.4, 0.5) is 23.1 Å². The summed E-state index contributed by atoms with van der Waals surface area (Å²) in [6.07, 6.45) is 29.8. The number of nitrogen functional groups attached to an aromatic ring is 1. The summed E-state index contributed by atoms with van der Waals surface area (Å²) in [6.45, 7) is 21.7. The average Bonchev–Trinajstić information content (AvgIpc) is 1.73. The molecule has 13 N–H and O–H groups in total. The van der Waals surface area contributed by atoms with E-state index in [1.54, 1.807) is 48.7 Å². The van der Waals surface area contributed by atoms with Crippen LogP contribution in [0.15, 0.2) is 156 Å². The first-order valence-corrected chi connectivity index (χ1v) is 34.6. The number of aromatic nitrogens is 18. The van der Waals surface area contributed by atoms with E-state index < -0.39 is 0 Å². The van der Waals surface area contributed by atoms with Crippen LogP contribution in [0, 0.1) is 33.1 Å². The van der Waals surface area contributed by atoms with Gasteiger partial charge in [0.15, 0.2) is 5.82 Å². The van der Waals surface area contributed by atoms with E-state index in [0.29, 0.717) is 41.6 Å². The third-order valence-corrected chi connectivity index (χ3v) is 18.0. The SMILES string of the molecule is C=Cc1[nH]ncc1-c1cnc(C(C=N)=C(C)N)cc1CCC(C)NC=O.CC(C)(C)c1cc(N)no1.Cc1[nH]ncc1C(=Nc1ccc2[nH]ncc2c1)C1=CCCCC1.Cc1cc(C)nc(NC2CCc3c(c(-c4cn[nH]c4C)nc4ccc5[nH]ncc5c34)C2)n1.O=CNc1ccc(-n2cnnc2)cc1. The number of allylic oxidation sites excluding steroid dienone is 4. The first kappa shape index (κ1) is 73.3. The van der Waals surface area contributed by atoms with Gasteiger partial charge in [0.2, 0.25) is 18.8 Å². The van der Waals surface area contributed by atoms with Crippen molar-refractivity contribution >= 4 is 92.2 Å². The summed E-state index contributed by atoms with van der Waals surface area (Å²) in [4.78, 5) is 44.5. The van der Waals surface area contributed by atoms with Crippen molar-refractivity contribution in [3.63, 3.8) is 0 Å². The Kier molecular flexibility index (Phi) is 23.6. The molecule has 2 aliphatic carbocycles. The van der Waals surface area contributed by atoms with E-state index in [1.807, 2.05) is 129 Å². The number of pyridine rings is 2. The van der Waals surface area contributed by atoms with Crippen molar-refractivity contribution < 1.29 is 14.1 Å². The zero-order chi connectivity index (χ0) is 74.2. The van der Waals surface area contributed by atoms with Gasteiger partial charge in [-0.25, -0.2) is 19.9 Å². The molecule has 10 heterocycles. The number of aromatic amines is 5. The minimum atomic E-state index is 0.00458. The van der Waals surface area contributed by atoms with Crippen LogP contribution >= 0.6 is 0 Å². The Morgan fingerprint density at radius 1 is 0.790 bits per heavy atom. The number of benzene rings is 3. The van der Waals surface area contributed by atoms with Gasteiger partial charge in [0, 0.05) is 120 Å². The summed E-state index contributed by atoms with van der Waals surface area (Å²) >= 11 is 0. The molecule has 0 saturated carbocycles. The second-order valence-electron chi connectivity index (χ2n) is 26.8. The first-order valence-electron chi connectivity index (χ1n) is 34.6. The van der Waals surface area contributed by atoms with Crippen LogP contribution in [0.25, 0.3) is 72.4 Å². The molecule has 15 rings (SSSR count). The predicted octanol–water partition coefficient (Wildman–Crippen LogP) is 13.3. The van der Waals surface area contributed by atoms with Gasteiger partial charge in [0.1, 0.15) is 18.4 Å². The fourth-order valence-corrected chi connectivity index (χ4v) is 12.5. The third-order valence-electron chi connectivity index (χ3n) is 18.0. The van der Waals surface area contributed by atoms with Crippen molar-refractivity contribution in [1.29, 1.82) is 5.41 Å². The molecular formula is C77H87N25O3. The summed E-state index contributed by atoms with van der Waals surface area (Å²) in [5.41, 5.74) is 34.6. The number of carbonyl (C=O) groups is 2. The van der Waals surface area contributed by atoms with E-state index in [9.17, 15) is 9.59 Å². The number of hydrogen-bond acceptors (Lipinski definition) is 20. The van der Waals surface area contributed by atoms with Gasteiger partial charge in [0.25, 0.3) is 0 Å². The lowest BCUT2D eigenvalue weighted by Crippen LogP contribution is -2.29. The normalized spacial score (nSPS) is 13.9. The Bertz CT molecular complexity index is 5220. The van der Waals surface area contributed by atoms with Gasteiger partial charge in [-0.2, -0.15) is 25.5 Å². The number of nitrogens with two attached hydrogens (primary N) is 2. The van der Waals surface area contributed by atoms with E-state index >= 15 is 0 Å². The van der Waals surface area contributed by atoms with Crippen LogP contribution in [0.5, 0.6) is 0 Å². The topological polar surface area (TPSA) is 410 Å². The minimum Gasteiger partial charge on any atom is -0.402 e. The van der Waals surface area contributed by atoms with E-state index in [2.05, 4.69) is 128 Å². The van der Waals surface area contributed by atoms with Crippen molar-refractivity contribution in [1.82, 2.24) is 96.2 Å². The maximum atomic E-state index is 10.6. The van der Waals surface area contributed by atoms with Gasteiger partial charge in [-0.3, -0.25) is 44.6 Å². The molecule has 0 fully saturated rings. The summed E-state index contributed by atoms with van der Waals surface area (Å²) in [7, 11) is 0. The molecule has 0 spiro atoms. The molecule has 0 radical (unpaired) electrons. The quantitative estimate of drug-likeness (QED) is 0.0281. The summed E-state index contributed by atoms with van der Waals surface area (Å²) in [5.74, 6) is 1.97. The number of hydrogen-bond donors (Lipinski definition) is 11. The van der Waals surface area contributed by atoms with Gasteiger partial charge in [-0.1, -0.05) is 38.6 Å². The van der Waals surface area contributed by atoms with E-state index in [4.69, 9.17) is 31.4 Å². The standard InChI is InChI=1S/C24H24N8.C19H24N6O.C18H19N5.C9H8N4O.C7H12N2O/c1-12-8-13(2)28-24(27-12)29-15-4-5-16-17(9-15)23(18-10-25-31-14(18)3)30-21-7-6-20-19(22(16)21)11-26-32-20;1-4-18-17(10-24-25-18)16-9-22-19(15(8-20)13(3)21)7-14(16)6-5-12(2)23-11-26;1-12-16(11-20-22-12)18(13-5-3-2-4-6-13)21-15-7-8-17-14(9-15)10-19-23-17;14-7-10-8-1-3-9(4-2-8)13-5-11-12-6-13;1-7(2,3)5-4-6(8)9-10-5/h6-8,10-11,15H,4-5,9H2,1-3H3,(H,25,31)(H,26,32)(H,27,28,29);4,7-12,20H,1,5-6,21H2,2-3H3,(H,23,26)(H,24,25);5,7-11H,2-4,6H2,1H3,(H,19,23)(H,20,22);1-7H,(H,10,14);4H,1-3H3,(H2,8,9). The van der Waals surface area contributed by atoms with Crippen molar-refractivity contribution in [2.45, 2.75) is 138 Å². The highest BCUT2D eigenvalue weighted by Crippen LogP contribution is 2.40. The lowest BCUT2D eigenvalue weighted by molar-refractivity contribution is -0.110. The zero-order valence-corrected chi connectivity index (χ0v) is 60.3. The lowest BCUT2D eigenvalue weighted by Gasteiger charge is -2.28. The van der Waals surface area contributed by atoms with Gasteiger partial charge >= 0.3 is 0 Å². The highest BCUT2D eigenvalue weighted by molar-refractivity contribution is 6.14. The van der Waals surface area contributed by atoms with Crippen LogP contribution in [-0.4, -0.2) is 128 Å². The maximum absolute atomic E-state index is 10.6. The number of nitrogens with one attached hydrogen (secondary N) is 9. The molecule has 10 aromatic heterocycles. The Labute approximate surface area is 606 Å². The minimum absolute atomic E-state index is 0.00458. The monoisotopic (exact) mass is 1410 g/mol. The highest BCUT2D eigenvalue weighted by atomic mass is 16.5. The van der Waals surface area contributed by atoms with Gasteiger partial charge in [-0.05, 0) is 194 Å². The largest absolute Gasteiger partial charge is 0.402 e. The molecule has 0 aliphatic heterocycles. The number of carbonyl (C=O) groups excluding carboxylic acids is 2. The summed E-state index contributed by atoms with van der Waals surface area (Å²) in [6, 6.07) is 23.6. The molecule has 2 aliphatic rings. The number of fused-ring (bicyclic) bond motifs is 6. The molecule has 3 aromatic carbocycles. The van der Waals surface area contributed by atoms with E-state index in [-0.39, 0.29) is 17.5 Å². The molecule has 538 valence electrons. The molecule has 2 unspecified atom stereocenters. The van der Waals surface area contributed by atoms with Crippen molar-refractivity contribution in [3.8, 4) is 28.1 Å². The van der Waals surface area contributed by atoms with E-state index in [1.165, 1.54) is 41.1 Å². The third kappa shape index (κ3) is 18.1. The van der Waals surface area contributed by atoms with Crippen LogP contribution in [0.2, 0.25) is 0 Å². The highest BCUT2D eigenvalue weighted by Gasteiger charge is 2.28. The molecule has 0 saturated heterocycles. The number of nitrogens with zero attached hydrogens (tertiary/aromatic N) is 14. The Morgan fingerprint density at radius 2 is 1.51 bits per heavy atom. The average molecular weight is 1410 g/mol. The number of anilines is 3. The van der Waals surface area contributed by atoms with Crippen molar-refractivity contribution in [2.24, 2.45) is 10.7 Å². The second-order valence-corrected chi connectivity index (χ2v) is 26.8. The van der Waals surface area contributed by atoms with Crippen LogP contribution in [-0.2, 0) is 34.3 Å². The summed E-state index contributed by atoms with van der Waals surface area (Å²) in [5, 5.41) is 66.9. The number of aryl methyl sites for hydroxylation is 6. The molecule has 105 heavy (non-hydrogen) atoms. The Balaban J connectivity index is 0.000000138. The van der Waals surface area contributed by atoms with E-state index in [0.717, 1.165) is 163 Å². The molecule has 28 heteroatoms. The number of amides is 2. The Hall–Kier alpha value is -12.9. The molecule has 28 nitrogen and oxygen atoms in total. The van der Waals surface area contributed by atoms with Crippen molar-refractivity contribution in [2.75, 3.05) is 16.4 Å². The summed E-state index contributed by atoms with van der Waals surface area (Å²) < 4.78 is 6.74. The molecular weight excluding hydrogens is 1320 g/mol. The van der Waals surface area contributed by atoms with Crippen LogP contribution in [0.3, 0.4) is 0 Å². The molecule has 2 amide bonds. The first-order chi connectivity index (χ1) is 50.8. The van der Waals surface area contributed by atoms with Crippen LogP contribution in [0.1, 0.15) is 135 Å². The molecule has 0 bridgehead atoms. The predicted molar refractivity (Wildman–Crippen MR) is 412 cm³/mol. The van der Waals surface area contributed by atoms with Gasteiger partial charge < -0.3 is 37.4 Å². The van der Waals surface area contributed by atoms with Crippen LogP contribution < -0.4 is 27.4 Å². The number of H-pyrrole nitrogens is 5. The fourth-order valence-electron chi connectivity index (χ4n) is 12.5. The zero-order valence-electron chi connectivity index (χ0n) is 60.3. The fraction of sp³-hybridized carbons (Fsp3) is 0.273. The molecule has 13 aromatic rings. The molecule has 2 atom stereocenters. The van der Waals surface area contributed by atoms with Gasteiger partial charge in [0.05, 0.1) is 76.0 Å². The van der Waals surface area contributed by atoms with Crippen molar-refractivity contribution in [3.05, 3.63) is 209 Å². The smallest absolute Gasteiger partial charge is 0.223 e. The lowest BCUT2D eigenvalue weighted by atomic mass is 9.83. The maximum Gasteiger partial charge on any atom is 0.223 e.